The fraction of sp³-hybridized carbons (Fsp3) is 0.278. The van der Waals surface area contributed by atoms with Crippen LogP contribution in [0.4, 0.5) is 15.8 Å². The molecule has 2 aromatic carbocycles. The summed E-state index contributed by atoms with van der Waals surface area (Å²) in [6.45, 7) is 5.78. The lowest BCUT2D eigenvalue weighted by Gasteiger charge is -2.38. The molecule has 0 aromatic heterocycles. The molecule has 0 saturated carbocycles. The predicted molar refractivity (Wildman–Crippen MR) is 97.6 cm³/mol. The van der Waals surface area contributed by atoms with E-state index in [4.69, 9.17) is 12.2 Å². The molecule has 0 amide bonds. The van der Waals surface area contributed by atoms with E-state index in [0.29, 0.717) is 5.11 Å². The van der Waals surface area contributed by atoms with Gasteiger partial charge in [0.05, 0.1) is 0 Å². The Bertz CT molecular complexity index is 679. The summed E-state index contributed by atoms with van der Waals surface area (Å²) in [5.74, 6) is -0.242. The van der Waals surface area contributed by atoms with Crippen molar-refractivity contribution in [3.05, 3.63) is 59.9 Å². The van der Waals surface area contributed by atoms with Crippen molar-refractivity contribution >= 4 is 28.7 Å². The lowest BCUT2D eigenvalue weighted by Crippen LogP contribution is -2.50. The maximum Gasteiger partial charge on any atom is 0.173 e. The van der Waals surface area contributed by atoms with Gasteiger partial charge in [0.15, 0.2) is 5.11 Å². The average Bonchev–Trinajstić information content (AvgIpc) is 2.57. The minimum absolute atomic E-state index is 0.242. The molecule has 1 aliphatic heterocycles. The quantitative estimate of drug-likeness (QED) is 0.847. The Morgan fingerprint density at radius 1 is 1.00 bits per heavy atom. The fourth-order valence-corrected chi connectivity index (χ4v) is 3.10. The van der Waals surface area contributed by atoms with Gasteiger partial charge in [-0.05, 0) is 55.0 Å². The minimum Gasteiger partial charge on any atom is -0.368 e. The third-order valence-corrected chi connectivity index (χ3v) is 4.48. The summed E-state index contributed by atoms with van der Waals surface area (Å²) in [5.41, 5.74) is 3.41. The number of piperazine rings is 1. The van der Waals surface area contributed by atoms with Gasteiger partial charge in [0, 0.05) is 37.6 Å². The molecule has 1 N–H and O–H groups in total. The fourth-order valence-electron chi connectivity index (χ4n) is 2.80. The van der Waals surface area contributed by atoms with Crippen LogP contribution in [-0.2, 0) is 0 Å². The highest BCUT2D eigenvalue weighted by Crippen LogP contribution is 2.21. The second kappa shape index (κ2) is 6.96. The molecule has 0 spiro atoms. The van der Waals surface area contributed by atoms with Gasteiger partial charge in [-0.25, -0.2) is 4.39 Å². The van der Waals surface area contributed by atoms with Gasteiger partial charge in [0.2, 0.25) is 0 Å². The maximum atomic E-state index is 12.9. The molecule has 0 unspecified atom stereocenters. The van der Waals surface area contributed by atoms with Gasteiger partial charge in [0.1, 0.15) is 5.82 Å². The van der Waals surface area contributed by atoms with E-state index in [1.807, 2.05) is 0 Å². The van der Waals surface area contributed by atoms with E-state index in [1.54, 1.807) is 12.1 Å². The summed E-state index contributed by atoms with van der Waals surface area (Å²) in [6, 6.07) is 14.7. The van der Waals surface area contributed by atoms with Crippen molar-refractivity contribution in [2.75, 3.05) is 36.4 Å². The lowest BCUT2D eigenvalue weighted by atomic mass is 10.1. The molecule has 0 bridgehead atoms. The van der Waals surface area contributed by atoms with Crippen LogP contribution < -0.4 is 10.2 Å². The normalized spacial score (nSPS) is 14.7. The van der Waals surface area contributed by atoms with Gasteiger partial charge in [-0.1, -0.05) is 18.2 Å². The van der Waals surface area contributed by atoms with Crippen LogP contribution in [-0.4, -0.2) is 36.2 Å². The lowest BCUT2D eigenvalue weighted by molar-refractivity contribution is 0.390. The van der Waals surface area contributed by atoms with Crippen LogP contribution in [0.25, 0.3) is 0 Å². The zero-order valence-corrected chi connectivity index (χ0v) is 13.9. The van der Waals surface area contributed by atoms with Gasteiger partial charge >= 0.3 is 0 Å². The standard InChI is InChI=1S/C18H20FN3S/c1-14-4-2-3-5-17(14)21-10-12-22(13-11-21)18(23)20-16-8-6-15(19)7-9-16/h2-9H,10-13H2,1H3,(H,20,23). The molecule has 0 aliphatic carbocycles. The van der Waals surface area contributed by atoms with Gasteiger partial charge < -0.3 is 15.1 Å². The molecule has 23 heavy (non-hydrogen) atoms. The zero-order chi connectivity index (χ0) is 16.2. The highest BCUT2D eigenvalue weighted by molar-refractivity contribution is 7.80. The Morgan fingerprint density at radius 2 is 1.65 bits per heavy atom. The highest BCUT2D eigenvalue weighted by atomic mass is 32.1. The summed E-state index contributed by atoms with van der Waals surface area (Å²) >= 11 is 5.47. The Balaban J connectivity index is 1.57. The monoisotopic (exact) mass is 329 g/mol. The van der Waals surface area contributed by atoms with Crippen LogP contribution in [0.2, 0.25) is 0 Å². The molecule has 2 aromatic rings. The largest absolute Gasteiger partial charge is 0.368 e. The number of anilines is 2. The van der Waals surface area contributed by atoms with E-state index in [0.717, 1.165) is 31.9 Å². The Morgan fingerprint density at radius 3 is 2.30 bits per heavy atom. The van der Waals surface area contributed by atoms with E-state index in [2.05, 4.69) is 46.3 Å². The third-order valence-electron chi connectivity index (χ3n) is 4.12. The van der Waals surface area contributed by atoms with Crippen molar-refractivity contribution in [2.24, 2.45) is 0 Å². The number of aryl methyl sites for hydroxylation is 1. The molecule has 0 atom stereocenters. The second-order valence-electron chi connectivity index (χ2n) is 5.70. The molecule has 0 radical (unpaired) electrons. The smallest absolute Gasteiger partial charge is 0.173 e. The Labute approximate surface area is 141 Å². The van der Waals surface area contributed by atoms with Gasteiger partial charge in [-0.3, -0.25) is 0 Å². The average molecular weight is 329 g/mol. The Hall–Kier alpha value is -2.14. The van der Waals surface area contributed by atoms with Crippen molar-refractivity contribution in [3.8, 4) is 0 Å². The summed E-state index contributed by atoms with van der Waals surface area (Å²) < 4.78 is 12.9. The predicted octanol–water partition coefficient (Wildman–Crippen LogP) is 3.65. The molecule has 3 nitrogen and oxygen atoms in total. The van der Waals surface area contributed by atoms with E-state index in [9.17, 15) is 4.39 Å². The minimum atomic E-state index is -0.242. The van der Waals surface area contributed by atoms with E-state index < -0.39 is 0 Å². The van der Waals surface area contributed by atoms with Crippen LogP contribution in [0.3, 0.4) is 0 Å². The van der Waals surface area contributed by atoms with Crippen molar-refractivity contribution in [3.63, 3.8) is 0 Å². The zero-order valence-electron chi connectivity index (χ0n) is 13.1. The number of hydrogen-bond donors (Lipinski definition) is 1. The first kappa shape index (κ1) is 15.7. The Kier molecular flexibility index (Phi) is 4.76. The molecular formula is C18H20FN3S. The summed E-state index contributed by atoms with van der Waals surface area (Å²) in [7, 11) is 0. The number of thiocarbonyl (C=S) groups is 1. The molecule has 1 fully saturated rings. The SMILES string of the molecule is Cc1ccccc1N1CCN(C(=S)Nc2ccc(F)cc2)CC1. The molecule has 1 aliphatic rings. The van der Waals surface area contributed by atoms with E-state index >= 15 is 0 Å². The van der Waals surface area contributed by atoms with Crippen molar-refractivity contribution in [1.82, 2.24) is 4.90 Å². The highest BCUT2D eigenvalue weighted by Gasteiger charge is 2.20. The molecule has 5 heteroatoms. The number of nitrogens with one attached hydrogen (secondary N) is 1. The van der Waals surface area contributed by atoms with Crippen LogP contribution in [0.15, 0.2) is 48.5 Å². The van der Waals surface area contributed by atoms with E-state index in [1.165, 1.54) is 23.4 Å². The number of benzene rings is 2. The van der Waals surface area contributed by atoms with Gasteiger partial charge in [-0.2, -0.15) is 0 Å². The van der Waals surface area contributed by atoms with Gasteiger partial charge in [-0.15, -0.1) is 0 Å². The summed E-state index contributed by atoms with van der Waals surface area (Å²) in [5, 5.41) is 3.87. The summed E-state index contributed by atoms with van der Waals surface area (Å²) in [6.07, 6.45) is 0. The van der Waals surface area contributed by atoms with E-state index in [-0.39, 0.29) is 5.82 Å². The van der Waals surface area contributed by atoms with Crippen LogP contribution in [0.1, 0.15) is 5.56 Å². The molecule has 3 rings (SSSR count). The van der Waals surface area contributed by atoms with Crippen molar-refractivity contribution in [1.29, 1.82) is 0 Å². The maximum absolute atomic E-state index is 12.9. The first-order valence-electron chi connectivity index (χ1n) is 7.75. The molecule has 1 heterocycles. The first-order chi connectivity index (χ1) is 11.1. The van der Waals surface area contributed by atoms with Gasteiger partial charge in [0.25, 0.3) is 0 Å². The number of rotatable bonds is 2. The number of halogens is 1. The number of nitrogens with zero attached hydrogens (tertiary/aromatic N) is 2. The van der Waals surface area contributed by atoms with Crippen molar-refractivity contribution in [2.45, 2.75) is 6.92 Å². The molecule has 120 valence electrons. The number of hydrogen-bond acceptors (Lipinski definition) is 2. The van der Waals surface area contributed by atoms with Crippen LogP contribution in [0, 0.1) is 12.7 Å². The topological polar surface area (TPSA) is 18.5 Å². The van der Waals surface area contributed by atoms with Crippen molar-refractivity contribution < 1.29 is 4.39 Å². The van der Waals surface area contributed by atoms with Crippen LogP contribution in [0.5, 0.6) is 0 Å². The van der Waals surface area contributed by atoms with Crippen LogP contribution >= 0.6 is 12.2 Å². The first-order valence-corrected chi connectivity index (χ1v) is 8.16. The molecule has 1 saturated heterocycles. The number of para-hydroxylation sites is 1. The third kappa shape index (κ3) is 3.79. The summed E-state index contributed by atoms with van der Waals surface area (Å²) in [4.78, 5) is 4.56. The molecular weight excluding hydrogens is 309 g/mol. The second-order valence-corrected chi connectivity index (χ2v) is 6.08.